The maximum atomic E-state index is 3.46. The summed E-state index contributed by atoms with van der Waals surface area (Å²) in [4.78, 5) is 2.61. The highest BCUT2D eigenvalue weighted by molar-refractivity contribution is 4.80. The predicted octanol–water partition coefficient (Wildman–Crippen LogP) is 2.25. The van der Waals surface area contributed by atoms with Crippen LogP contribution < -0.4 is 5.32 Å². The van der Waals surface area contributed by atoms with Crippen LogP contribution in [-0.4, -0.2) is 37.1 Å². The average Bonchev–Trinajstić information content (AvgIpc) is 2.71. The fourth-order valence-corrected chi connectivity index (χ4v) is 2.50. The van der Waals surface area contributed by atoms with Crippen molar-refractivity contribution in [3.8, 4) is 0 Å². The van der Waals surface area contributed by atoms with Gasteiger partial charge in [-0.1, -0.05) is 26.7 Å². The molecule has 0 heterocycles. The smallest absolute Gasteiger partial charge is 0.0217 e. The van der Waals surface area contributed by atoms with E-state index in [9.17, 15) is 0 Å². The van der Waals surface area contributed by atoms with Gasteiger partial charge in [-0.2, -0.15) is 0 Å². The molecular weight excluding hydrogens is 172 g/mol. The van der Waals surface area contributed by atoms with Gasteiger partial charge in [0.25, 0.3) is 0 Å². The molecule has 2 heteroatoms. The van der Waals surface area contributed by atoms with Crippen LogP contribution in [0.3, 0.4) is 0 Å². The molecule has 0 radical (unpaired) electrons. The van der Waals surface area contributed by atoms with Crippen LogP contribution in [-0.2, 0) is 0 Å². The molecule has 0 aliphatic heterocycles. The lowest BCUT2D eigenvalue weighted by molar-refractivity contribution is 0.167. The zero-order valence-corrected chi connectivity index (χ0v) is 10.1. The van der Waals surface area contributed by atoms with Crippen molar-refractivity contribution in [2.45, 2.75) is 58.0 Å². The molecule has 0 aromatic rings. The van der Waals surface area contributed by atoms with E-state index < -0.39 is 0 Å². The Balaban J connectivity index is 2.33. The Bertz CT molecular complexity index is 141. The van der Waals surface area contributed by atoms with Gasteiger partial charge in [-0.3, -0.25) is 4.90 Å². The van der Waals surface area contributed by atoms with Crippen molar-refractivity contribution < 1.29 is 0 Å². The Labute approximate surface area is 89.1 Å². The standard InChI is InChI=1S/C12H26N2/c1-4-11(10-13-5-2)14(3)12-8-6-7-9-12/h11-13H,4-10H2,1-3H3. The Morgan fingerprint density at radius 3 is 2.43 bits per heavy atom. The van der Waals surface area contributed by atoms with Crippen LogP contribution in [0.15, 0.2) is 0 Å². The predicted molar refractivity (Wildman–Crippen MR) is 62.6 cm³/mol. The molecule has 1 fully saturated rings. The quantitative estimate of drug-likeness (QED) is 0.704. The average molecular weight is 198 g/mol. The molecule has 0 bridgehead atoms. The Morgan fingerprint density at radius 1 is 1.29 bits per heavy atom. The van der Waals surface area contributed by atoms with Crippen molar-refractivity contribution in [2.75, 3.05) is 20.1 Å². The number of nitrogens with zero attached hydrogens (tertiary/aromatic N) is 1. The number of hydrogen-bond donors (Lipinski definition) is 1. The number of nitrogens with one attached hydrogen (secondary N) is 1. The highest BCUT2D eigenvalue weighted by Crippen LogP contribution is 2.24. The molecule has 14 heavy (non-hydrogen) atoms. The van der Waals surface area contributed by atoms with E-state index in [-0.39, 0.29) is 0 Å². The summed E-state index contributed by atoms with van der Waals surface area (Å²) in [6, 6.07) is 1.59. The van der Waals surface area contributed by atoms with Gasteiger partial charge in [0, 0.05) is 18.6 Å². The third-order valence-electron chi connectivity index (χ3n) is 3.58. The lowest BCUT2D eigenvalue weighted by Crippen LogP contribution is -2.44. The van der Waals surface area contributed by atoms with Crippen LogP contribution in [0.1, 0.15) is 46.0 Å². The van der Waals surface area contributed by atoms with E-state index in [2.05, 4.69) is 31.1 Å². The fraction of sp³-hybridized carbons (Fsp3) is 1.00. The van der Waals surface area contributed by atoms with Gasteiger partial charge in [-0.05, 0) is 32.9 Å². The molecule has 0 aromatic carbocycles. The van der Waals surface area contributed by atoms with E-state index in [1.807, 2.05) is 0 Å². The van der Waals surface area contributed by atoms with Crippen LogP contribution in [0.4, 0.5) is 0 Å². The van der Waals surface area contributed by atoms with Gasteiger partial charge in [-0.25, -0.2) is 0 Å². The Morgan fingerprint density at radius 2 is 1.93 bits per heavy atom. The van der Waals surface area contributed by atoms with E-state index in [1.54, 1.807) is 0 Å². The largest absolute Gasteiger partial charge is 0.315 e. The molecule has 0 spiro atoms. The van der Waals surface area contributed by atoms with Gasteiger partial charge < -0.3 is 5.32 Å². The minimum absolute atomic E-state index is 0.734. The molecule has 1 N–H and O–H groups in total. The van der Waals surface area contributed by atoms with Crippen LogP contribution >= 0.6 is 0 Å². The molecule has 1 unspecified atom stereocenters. The number of hydrogen-bond acceptors (Lipinski definition) is 2. The van der Waals surface area contributed by atoms with Crippen LogP contribution in [0.5, 0.6) is 0 Å². The van der Waals surface area contributed by atoms with Gasteiger partial charge in [0.05, 0.1) is 0 Å². The van der Waals surface area contributed by atoms with E-state index in [0.29, 0.717) is 0 Å². The second-order valence-corrected chi connectivity index (χ2v) is 4.47. The molecule has 84 valence electrons. The van der Waals surface area contributed by atoms with Crippen molar-refractivity contribution >= 4 is 0 Å². The van der Waals surface area contributed by atoms with Gasteiger partial charge in [0.15, 0.2) is 0 Å². The molecule has 1 saturated carbocycles. The summed E-state index contributed by atoms with van der Waals surface area (Å²) in [5, 5.41) is 3.46. The lowest BCUT2D eigenvalue weighted by atomic mass is 10.1. The maximum Gasteiger partial charge on any atom is 0.0217 e. The third kappa shape index (κ3) is 3.25. The zero-order valence-electron chi connectivity index (χ0n) is 10.1. The molecule has 0 saturated heterocycles. The monoisotopic (exact) mass is 198 g/mol. The molecule has 0 aromatic heterocycles. The molecule has 2 nitrogen and oxygen atoms in total. The van der Waals surface area contributed by atoms with Gasteiger partial charge in [-0.15, -0.1) is 0 Å². The molecular formula is C12H26N2. The first-order valence-corrected chi connectivity index (χ1v) is 6.22. The van der Waals surface area contributed by atoms with Gasteiger partial charge in [0.2, 0.25) is 0 Å². The van der Waals surface area contributed by atoms with Crippen LogP contribution in [0.25, 0.3) is 0 Å². The molecule has 0 amide bonds. The van der Waals surface area contributed by atoms with E-state index in [4.69, 9.17) is 0 Å². The van der Waals surface area contributed by atoms with Crippen molar-refractivity contribution in [1.29, 1.82) is 0 Å². The zero-order chi connectivity index (χ0) is 10.4. The van der Waals surface area contributed by atoms with E-state index in [0.717, 1.165) is 25.2 Å². The normalized spacial score (nSPS) is 20.6. The van der Waals surface area contributed by atoms with Crippen LogP contribution in [0, 0.1) is 0 Å². The molecule has 1 aliphatic carbocycles. The van der Waals surface area contributed by atoms with Crippen molar-refractivity contribution in [2.24, 2.45) is 0 Å². The van der Waals surface area contributed by atoms with Crippen molar-refractivity contribution in [3.63, 3.8) is 0 Å². The Hall–Kier alpha value is -0.0800. The summed E-state index contributed by atoms with van der Waals surface area (Å²) >= 11 is 0. The topological polar surface area (TPSA) is 15.3 Å². The van der Waals surface area contributed by atoms with E-state index >= 15 is 0 Å². The fourth-order valence-electron chi connectivity index (χ4n) is 2.50. The number of likely N-dealkylation sites (N-methyl/N-ethyl adjacent to an activating group) is 2. The van der Waals surface area contributed by atoms with Crippen LogP contribution in [0.2, 0.25) is 0 Å². The van der Waals surface area contributed by atoms with E-state index in [1.165, 1.54) is 32.1 Å². The summed E-state index contributed by atoms with van der Waals surface area (Å²) in [5.74, 6) is 0. The SMILES string of the molecule is CCNCC(CC)N(C)C1CCCC1. The lowest BCUT2D eigenvalue weighted by Gasteiger charge is -2.32. The molecule has 1 aliphatic rings. The highest BCUT2D eigenvalue weighted by Gasteiger charge is 2.23. The first-order valence-electron chi connectivity index (χ1n) is 6.22. The van der Waals surface area contributed by atoms with Crippen molar-refractivity contribution in [3.05, 3.63) is 0 Å². The first-order chi connectivity index (χ1) is 6.79. The minimum Gasteiger partial charge on any atom is -0.315 e. The Kier molecular flexibility index (Phi) is 5.49. The molecule has 1 rings (SSSR count). The third-order valence-corrected chi connectivity index (χ3v) is 3.58. The minimum atomic E-state index is 0.734. The van der Waals surface area contributed by atoms with Crippen molar-refractivity contribution in [1.82, 2.24) is 10.2 Å². The highest BCUT2D eigenvalue weighted by atomic mass is 15.2. The maximum absolute atomic E-state index is 3.46. The molecule has 1 atom stereocenters. The first kappa shape index (κ1) is 12.0. The number of rotatable bonds is 6. The summed E-state index contributed by atoms with van der Waals surface area (Å²) in [6.45, 7) is 6.73. The van der Waals surface area contributed by atoms with Gasteiger partial charge >= 0.3 is 0 Å². The summed E-state index contributed by atoms with van der Waals surface area (Å²) in [7, 11) is 2.31. The second-order valence-electron chi connectivity index (χ2n) is 4.47. The summed E-state index contributed by atoms with van der Waals surface area (Å²) in [5.41, 5.74) is 0. The second kappa shape index (κ2) is 6.41. The summed E-state index contributed by atoms with van der Waals surface area (Å²) < 4.78 is 0. The van der Waals surface area contributed by atoms with Gasteiger partial charge in [0.1, 0.15) is 0 Å². The summed E-state index contributed by atoms with van der Waals surface area (Å²) in [6.07, 6.45) is 6.97.